The average molecular weight is 478 g/mol. The molecule has 0 unspecified atom stereocenters. The second kappa shape index (κ2) is 9.46. The number of nitrogens with one attached hydrogen (secondary N) is 3. The molecule has 1 amide bonds. The molecular weight excluding hydrogens is 457 g/mol. The maximum Gasteiger partial charge on any atom is 0.441 e. The molecule has 0 spiro atoms. The van der Waals surface area contributed by atoms with Gasteiger partial charge in [0.1, 0.15) is 5.76 Å². The van der Waals surface area contributed by atoms with Crippen molar-refractivity contribution < 1.29 is 40.4 Å². The van der Waals surface area contributed by atoms with Crippen LogP contribution in [0.2, 0.25) is 0 Å². The van der Waals surface area contributed by atoms with Crippen LogP contribution in [0, 0.1) is 6.92 Å². The SMILES string of the molecule is CCOC(=O)[C@](NC(=O)CC)(Nc1ccc(S(=O)(=O)Nc2cc(C)on2)cc1)C(F)(F)F. The van der Waals surface area contributed by atoms with E-state index in [-0.39, 0.29) is 29.4 Å². The number of hydrogen-bond acceptors (Lipinski definition) is 8. The Kier molecular flexibility index (Phi) is 7.38. The van der Waals surface area contributed by atoms with Gasteiger partial charge in [0.2, 0.25) is 5.91 Å². The Morgan fingerprint density at radius 1 is 1.16 bits per heavy atom. The van der Waals surface area contributed by atoms with Crippen molar-refractivity contribution in [3.63, 3.8) is 0 Å². The molecule has 0 bridgehead atoms. The number of anilines is 2. The van der Waals surface area contributed by atoms with Gasteiger partial charge in [-0.2, -0.15) is 13.2 Å². The van der Waals surface area contributed by atoms with Crippen LogP contribution in [-0.2, 0) is 24.3 Å². The smallest absolute Gasteiger partial charge is 0.441 e. The van der Waals surface area contributed by atoms with Crippen molar-refractivity contribution in [3.05, 3.63) is 36.1 Å². The molecule has 0 aliphatic carbocycles. The third-order valence-electron chi connectivity index (χ3n) is 4.02. The van der Waals surface area contributed by atoms with Gasteiger partial charge in [-0.05, 0) is 38.1 Å². The largest absolute Gasteiger partial charge is 0.463 e. The van der Waals surface area contributed by atoms with Crippen molar-refractivity contribution >= 4 is 33.4 Å². The zero-order valence-electron chi connectivity index (χ0n) is 17.2. The Bertz CT molecular complexity index is 1070. The summed E-state index contributed by atoms with van der Waals surface area (Å²) in [4.78, 5) is 23.7. The van der Waals surface area contributed by atoms with Crippen molar-refractivity contribution in [3.8, 4) is 0 Å². The fourth-order valence-electron chi connectivity index (χ4n) is 2.47. The fraction of sp³-hybridized carbons (Fsp3) is 0.389. The highest BCUT2D eigenvalue weighted by Crippen LogP contribution is 2.33. The molecular formula is C18H21F3N4O6S. The molecule has 1 aromatic carbocycles. The molecule has 1 atom stereocenters. The third kappa shape index (κ3) is 5.49. The third-order valence-corrected chi connectivity index (χ3v) is 5.39. The van der Waals surface area contributed by atoms with Crippen molar-refractivity contribution in [2.24, 2.45) is 0 Å². The van der Waals surface area contributed by atoms with Gasteiger partial charge in [-0.1, -0.05) is 12.1 Å². The van der Waals surface area contributed by atoms with Crippen LogP contribution < -0.4 is 15.4 Å². The van der Waals surface area contributed by atoms with Gasteiger partial charge >= 0.3 is 17.8 Å². The number of aromatic nitrogens is 1. The molecule has 0 saturated heterocycles. The number of ether oxygens (including phenoxy) is 1. The average Bonchev–Trinajstić information content (AvgIpc) is 3.10. The zero-order valence-corrected chi connectivity index (χ0v) is 18.1. The fourth-order valence-corrected chi connectivity index (χ4v) is 3.46. The minimum absolute atomic E-state index is 0.0784. The number of benzene rings is 1. The van der Waals surface area contributed by atoms with E-state index < -0.39 is 33.7 Å². The maximum atomic E-state index is 13.9. The second-order valence-electron chi connectivity index (χ2n) is 6.45. The number of alkyl halides is 3. The monoisotopic (exact) mass is 478 g/mol. The van der Waals surface area contributed by atoms with Crippen molar-refractivity contribution in [1.82, 2.24) is 10.5 Å². The molecule has 3 N–H and O–H groups in total. The number of carbonyl (C=O) groups excluding carboxylic acids is 2. The van der Waals surface area contributed by atoms with Crippen LogP contribution in [0.1, 0.15) is 26.0 Å². The molecule has 32 heavy (non-hydrogen) atoms. The number of carbonyl (C=O) groups is 2. The van der Waals surface area contributed by atoms with Crippen LogP contribution in [0.25, 0.3) is 0 Å². The standard InChI is InChI=1S/C18H21F3N4O6S/c1-4-15(26)23-17(18(19,20)21,16(27)30-5-2)22-12-6-8-13(9-7-12)32(28,29)25-14-10-11(3)31-24-14/h6-10,22H,4-5H2,1-3H3,(H,23,26)(H,24,25)/t17-/m1/s1. The summed E-state index contributed by atoms with van der Waals surface area (Å²) in [6, 6.07) is 5.35. The van der Waals surface area contributed by atoms with Crippen LogP contribution in [0.5, 0.6) is 0 Å². The molecule has 1 heterocycles. The number of rotatable bonds is 9. The predicted octanol–water partition coefficient (Wildman–Crippen LogP) is 2.54. The van der Waals surface area contributed by atoms with E-state index in [2.05, 4.69) is 14.6 Å². The Morgan fingerprint density at radius 2 is 1.78 bits per heavy atom. The predicted molar refractivity (Wildman–Crippen MR) is 106 cm³/mol. The molecule has 10 nitrogen and oxygen atoms in total. The van der Waals surface area contributed by atoms with Crippen LogP contribution in [0.3, 0.4) is 0 Å². The molecule has 176 valence electrons. The lowest BCUT2D eigenvalue weighted by Gasteiger charge is -2.35. The molecule has 2 rings (SSSR count). The van der Waals surface area contributed by atoms with Gasteiger partial charge in [0.25, 0.3) is 10.0 Å². The first-order chi connectivity index (χ1) is 14.8. The summed E-state index contributed by atoms with van der Waals surface area (Å²) in [5.74, 6) is -2.55. The van der Waals surface area contributed by atoms with E-state index in [0.29, 0.717) is 5.76 Å². The van der Waals surface area contributed by atoms with Gasteiger partial charge in [0, 0.05) is 18.2 Å². The number of nitrogens with zero attached hydrogens (tertiary/aromatic N) is 1. The highest BCUT2D eigenvalue weighted by Gasteiger charge is 2.63. The molecule has 2 aromatic rings. The van der Waals surface area contributed by atoms with E-state index in [1.54, 1.807) is 12.2 Å². The minimum Gasteiger partial charge on any atom is -0.463 e. The maximum absolute atomic E-state index is 13.9. The van der Waals surface area contributed by atoms with Crippen LogP contribution in [0.4, 0.5) is 24.7 Å². The number of aryl methyl sites for hydroxylation is 1. The normalized spacial score (nSPS) is 13.7. The van der Waals surface area contributed by atoms with Crippen LogP contribution in [0.15, 0.2) is 39.8 Å². The molecule has 0 aliphatic heterocycles. The summed E-state index contributed by atoms with van der Waals surface area (Å²) in [5, 5.41) is 7.07. The molecule has 14 heteroatoms. The van der Waals surface area contributed by atoms with E-state index in [0.717, 1.165) is 24.3 Å². The first-order valence-corrected chi connectivity index (χ1v) is 10.7. The van der Waals surface area contributed by atoms with Gasteiger partial charge < -0.3 is 19.9 Å². The Labute approximate surface area is 181 Å². The number of hydrogen-bond donors (Lipinski definition) is 3. The molecule has 0 fully saturated rings. The molecule has 0 saturated carbocycles. The number of sulfonamides is 1. The van der Waals surface area contributed by atoms with Crippen molar-refractivity contribution in [2.75, 3.05) is 16.6 Å². The highest BCUT2D eigenvalue weighted by molar-refractivity contribution is 7.92. The Morgan fingerprint density at radius 3 is 2.25 bits per heavy atom. The molecule has 0 radical (unpaired) electrons. The summed E-state index contributed by atoms with van der Waals surface area (Å²) in [6.07, 6.45) is -5.62. The zero-order chi connectivity index (χ0) is 24.2. The van der Waals surface area contributed by atoms with E-state index >= 15 is 0 Å². The van der Waals surface area contributed by atoms with Crippen molar-refractivity contribution in [2.45, 2.75) is 43.9 Å². The summed E-state index contributed by atoms with van der Waals surface area (Å²) in [5.41, 5.74) is -3.88. The minimum atomic E-state index is -5.29. The topological polar surface area (TPSA) is 140 Å². The molecule has 1 aromatic heterocycles. The second-order valence-corrected chi connectivity index (χ2v) is 8.13. The molecule has 0 aliphatic rings. The summed E-state index contributed by atoms with van der Waals surface area (Å²) in [7, 11) is -4.12. The lowest BCUT2D eigenvalue weighted by molar-refractivity contribution is -0.207. The number of esters is 1. The van der Waals surface area contributed by atoms with Gasteiger partial charge in [0.05, 0.1) is 11.5 Å². The van der Waals surface area contributed by atoms with Gasteiger partial charge in [-0.25, -0.2) is 13.2 Å². The Balaban J connectivity index is 2.37. The lowest BCUT2D eigenvalue weighted by atomic mass is 10.1. The van der Waals surface area contributed by atoms with Gasteiger partial charge in [0.15, 0.2) is 5.82 Å². The van der Waals surface area contributed by atoms with Gasteiger partial charge in [-0.15, -0.1) is 0 Å². The van der Waals surface area contributed by atoms with E-state index in [1.165, 1.54) is 19.9 Å². The summed E-state index contributed by atoms with van der Waals surface area (Å²) >= 11 is 0. The van der Waals surface area contributed by atoms with E-state index in [4.69, 9.17) is 4.52 Å². The first kappa shape index (κ1) is 25.0. The quantitative estimate of drug-likeness (QED) is 0.369. The Hall–Kier alpha value is -3.29. The first-order valence-electron chi connectivity index (χ1n) is 9.24. The van der Waals surface area contributed by atoms with Crippen LogP contribution >= 0.6 is 0 Å². The van der Waals surface area contributed by atoms with Gasteiger partial charge in [-0.3, -0.25) is 9.52 Å². The van der Waals surface area contributed by atoms with Crippen molar-refractivity contribution in [1.29, 1.82) is 0 Å². The van der Waals surface area contributed by atoms with E-state index in [9.17, 15) is 31.2 Å². The van der Waals surface area contributed by atoms with Crippen LogP contribution in [-0.4, -0.2) is 43.9 Å². The summed E-state index contributed by atoms with van der Waals surface area (Å²) < 4.78 is 78.1. The number of halogens is 3. The van der Waals surface area contributed by atoms with E-state index in [1.807, 2.05) is 5.32 Å². The highest BCUT2D eigenvalue weighted by atomic mass is 32.2. The number of amides is 1. The lowest BCUT2D eigenvalue weighted by Crippen LogP contribution is -2.69. The summed E-state index contributed by atoms with van der Waals surface area (Å²) in [6.45, 7) is 3.80.